The summed E-state index contributed by atoms with van der Waals surface area (Å²) in [6.07, 6.45) is 0. The minimum Gasteiger partial charge on any atom is -0.480 e. The Bertz CT molecular complexity index is 672. The van der Waals surface area contributed by atoms with Crippen molar-refractivity contribution in [2.75, 3.05) is 99.3 Å². The van der Waals surface area contributed by atoms with Gasteiger partial charge in [0.05, 0.1) is 40.4 Å². The Labute approximate surface area is 198 Å². The molecule has 0 radical (unpaired) electrons. The molecule has 1 saturated heterocycles. The first-order valence-corrected chi connectivity index (χ1v) is 10.9. The third-order valence-corrected chi connectivity index (χ3v) is 5.25. The lowest BCUT2D eigenvalue weighted by Crippen LogP contribution is -2.50. The quantitative estimate of drug-likeness (QED) is 0.263. The fraction of sp³-hybridized carbons (Fsp3) is 0.750. The van der Waals surface area contributed by atoms with Crippen molar-refractivity contribution >= 4 is 29.8 Å². The fourth-order valence-electron chi connectivity index (χ4n) is 3.33. The summed E-state index contributed by atoms with van der Waals surface area (Å²) in [5.74, 6) is -3.47. The van der Waals surface area contributed by atoms with Crippen LogP contribution in [-0.2, 0) is 33.4 Å². The highest BCUT2D eigenvalue weighted by atomic mass is 16.5. The van der Waals surface area contributed by atoms with E-state index in [1.807, 2.05) is 14.7 Å². The van der Waals surface area contributed by atoms with E-state index in [1.54, 1.807) is 4.90 Å². The molecule has 0 bridgehead atoms. The van der Waals surface area contributed by atoms with Gasteiger partial charge in [-0.25, -0.2) is 0 Å². The first-order chi connectivity index (χ1) is 16.1. The predicted octanol–water partition coefficient (Wildman–Crippen LogP) is -3.16. The number of nitrogens with zero attached hydrogens (tertiary/aromatic N) is 4. The standard InChI is InChI=1S/C20H35N5O9/c1-33-19(31)14-24-7-3-22(12-16(26)21-11-17(27)28)4-8-25(15-20(32)34-2)10-6-23(5-9-24)13-18(29)30/h3-15H2,1-2H3,(H,21,26)(H,27,28)(H,29,30). The summed E-state index contributed by atoms with van der Waals surface area (Å²) in [7, 11) is 2.56. The van der Waals surface area contributed by atoms with E-state index in [4.69, 9.17) is 14.6 Å². The van der Waals surface area contributed by atoms with Gasteiger partial charge in [0.25, 0.3) is 0 Å². The Morgan fingerprint density at radius 1 is 0.618 bits per heavy atom. The summed E-state index contributed by atoms with van der Waals surface area (Å²) < 4.78 is 9.50. The number of methoxy groups -OCH3 is 2. The summed E-state index contributed by atoms with van der Waals surface area (Å²) in [4.78, 5) is 65.1. The maximum absolute atomic E-state index is 12.2. The summed E-state index contributed by atoms with van der Waals surface area (Å²) in [5, 5.41) is 20.3. The third-order valence-electron chi connectivity index (χ3n) is 5.25. The Hall–Kier alpha value is -2.81. The van der Waals surface area contributed by atoms with Crippen molar-refractivity contribution in [1.82, 2.24) is 24.9 Å². The fourth-order valence-corrected chi connectivity index (χ4v) is 3.33. The molecule has 14 nitrogen and oxygen atoms in total. The zero-order valence-electron chi connectivity index (χ0n) is 19.7. The van der Waals surface area contributed by atoms with E-state index in [2.05, 4.69) is 5.32 Å². The number of hydrogen-bond donors (Lipinski definition) is 3. The second kappa shape index (κ2) is 15.9. The van der Waals surface area contributed by atoms with Crippen LogP contribution in [0.25, 0.3) is 0 Å². The van der Waals surface area contributed by atoms with Crippen LogP contribution in [-0.4, -0.2) is 159 Å². The van der Waals surface area contributed by atoms with Crippen molar-refractivity contribution < 1.29 is 43.7 Å². The van der Waals surface area contributed by atoms with Gasteiger partial charge >= 0.3 is 23.9 Å². The van der Waals surface area contributed by atoms with E-state index in [0.29, 0.717) is 52.4 Å². The molecule has 194 valence electrons. The highest BCUT2D eigenvalue weighted by molar-refractivity contribution is 5.82. The number of hydrogen-bond acceptors (Lipinski definition) is 11. The summed E-state index contributed by atoms with van der Waals surface area (Å²) in [6, 6.07) is 0. The molecule has 0 aromatic carbocycles. The summed E-state index contributed by atoms with van der Waals surface area (Å²) in [6.45, 7) is 2.32. The molecule has 0 unspecified atom stereocenters. The Kier molecular flexibility index (Phi) is 13.7. The lowest BCUT2D eigenvalue weighted by Gasteiger charge is -2.33. The number of carbonyl (C=O) groups excluding carboxylic acids is 3. The molecular formula is C20H35N5O9. The van der Waals surface area contributed by atoms with E-state index in [9.17, 15) is 29.1 Å². The molecule has 0 aromatic heterocycles. The van der Waals surface area contributed by atoms with Crippen molar-refractivity contribution in [3.63, 3.8) is 0 Å². The van der Waals surface area contributed by atoms with Crippen LogP contribution in [0.4, 0.5) is 0 Å². The lowest BCUT2D eigenvalue weighted by atomic mass is 10.3. The lowest BCUT2D eigenvalue weighted by molar-refractivity contribution is -0.143. The Morgan fingerprint density at radius 2 is 0.971 bits per heavy atom. The summed E-state index contributed by atoms with van der Waals surface area (Å²) >= 11 is 0. The van der Waals surface area contributed by atoms with Gasteiger partial charge in [-0.2, -0.15) is 0 Å². The number of carboxylic acids is 2. The van der Waals surface area contributed by atoms with E-state index >= 15 is 0 Å². The van der Waals surface area contributed by atoms with Gasteiger partial charge in [0.1, 0.15) is 6.54 Å². The van der Waals surface area contributed by atoms with Gasteiger partial charge in [-0.3, -0.25) is 43.6 Å². The van der Waals surface area contributed by atoms with Gasteiger partial charge in [0, 0.05) is 52.4 Å². The number of carboxylic acid groups (broad SMARTS) is 2. The van der Waals surface area contributed by atoms with Crippen LogP contribution in [0.15, 0.2) is 0 Å². The molecule has 0 atom stereocenters. The molecule has 1 heterocycles. The van der Waals surface area contributed by atoms with Crippen molar-refractivity contribution in [1.29, 1.82) is 0 Å². The SMILES string of the molecule is COC(=O)CN1CCN(CC(=O)O)CCN(CC(=O)OC)CCN(CC(=O)NCC(=O)O)CC1. The number of ether oxygens (including phenoxy) is 2. The average molecular weight is 490 g/mol. The van der Waals surface area contributed by atoms with Gasteiger partial charge in [0.15, 0.2) is 0 Å². The van der Waals surface area contributed by atoms with Crippen molar-refractivity contribution in [3.05, 3.63) is 0 Å². The molecular weight excluding hydrogens is 454 g/mol. The minimum atomic E-state index is -1.15. The molecule has 0 saturated carbocycles. The highest BCUT2D eigenvalue weighted by Crippen LogP contribution is 2.02. The number of nitrogens with one attached hydrogen (secondary N) is 1. The zero-order chi connectivity index (χ0) is 25.5. The van der Waals surface area contributed by atoms with E-state index in [-0.39, 0.29) is 26.2 Å². The monoisotopic (exact) mass is 489 g/mol. The van der Waals surface area contributed by atoms with Crippen molar-refractivity contribution in [2.24, 2.45) is 0 Å². The maximum atomic E-state index is 12.2. The van der Waals surface area contributed by atoms with Gasteiger partial charge < -0.3 is 25.0 Å². The third kappa shape index (κ3) is 13.0. The number of rotatable bonds is 10. The predicted molar refractivity (Wildman–Crippen MR) is 118 cm³/mol. The zero-order valence-corrected chi connectivity index (χ0v) is 19.7. The van der Waals surface area contributed by atoms with Crippen LogP contribution < -0.4 is 5.32 Å². The first-order valence-electron chi connectivity index (χ1n) is 10.9. The van der Waals surface area contributed by atoms with Crippen LogP contribution in [0.3, 0.4) is 0 Å². The van der Waals surface area contributed by atoms with Gasteiger partial charge in [-0.1, -0.05) is 0 Å². The Morgan fingerprint density at radius 3 is 1.29 bits per heavy atom. The molecule has 14 heteroatoms. The van der Waals surface area contributed by atoms with Crippen molar-refractivity contribution in [2.45, 2.75) is 0 Å². The molecule has 1 rings (SSSR count). The van der Waals surface area contributed by atoms with Crippen LogP contribution in [0.2, 0.25) is 0 Å². The van der Waals surface area contributed by atoms with Crippen LogP contribution in [0, 0.1) is 0 Å². The van der Waals surface area contributed by atoms with Crippen molar-refractivity contribution in [3.8, 4) is 0 Å². The second-order valence-electron chi connectivity index (χ2n) is 7.82. The minimum absolute atomic E-state index is 0.00489. The molecule has 1 amide bonds. The molecule has 0 spiro atoms. The van der Waals surface area contributed by atoms with E-state index in [0.717, 1.165) is 0 Å². The van der Waals surface area contributed by atoms with Gasteiger partial charge in [-0.05, 0) is 0 Å². The van der Waals surface area contributed by atoms with Crippen LogP contribution in [0.5, 0.6) is 0 Å². The maximum Gasteiger partial charge on any atom is 0.322 e. The van der Waals surface area contributed by atoms with Gasteiger partial charge in [-0.15, -0.1) is 0 Å². The summed E-state index contributed by atoms with van der Waals surface area (Å²) in [5.41, 5.74) is 0. The van der Waals surface area contributed by atoms with E-state index < -0.39 is 36.3 Å². The van der Waals surface area contributed by atoms with Crippen LogP contribution >= 0.6 is 0 Å². The molecule has 3 N–H and O–H groups in total. The molecule has 1 fully saturated rings. The number of aliphatic carboxylic acids is 2. The smallest absolute Gasteiger partial charge is 0.322 e. The molecule has 1 aliphatic rings. The van der Waals surface area contributed by atoms with E-state index in [1.165, 1.54) is 14.2 Å². The molecule has 0 aromatic rings. The first kappa shape index (κ1) is 29.2. The largest absolute Gasteiger partial charge is 0.480 e. The van der Waals surface area contributed by atoms with Crippen LogP contribution in [0.1, 0.15) is 0 Å². The molecule has 34 heavy (non-hydrogen) atoms. The normalized spacial score (nSPS) is 17.7. The number of esters is 2. The number of carbonyl (C=O) groups is 5. The molecule has 1 aliphatic heterocycles. The second-order valence-corrected chi connectivity index (χ2v) is 7.82. The van der Waals surface area contributed by atoms with Gasteiger partial charge in [0.2, 0.25) is 5.91 Å². The topological polar surface area (TPSA) is 169 Å². The number of amides is 1. The highest BCUT2D eigenvalue weighted by Gasteiger charge is 2.21. The molecule has 0 aliphatic carbocycles. The average Bonchev–Trinajstić information content (AvgIpc) is 2.78. The Balaban J connectivity index is 2.98.